The highest BCUT2D eigenvalue weighted by Gasteiger charge is 2.41. The van der Waals surface area contributed by atoms with Crippen LogP contribution in [0, 0.1) is 5.92 Å². The van der Waals surface area contributed by atoms with Gasteiger partial charge in [-0.2, -0.15) is 0 Å². The summed E-state index contributed by atoms with van der Waals surface area (Å²) in [6.07, 6.45) is -0.530. The van der Waals surface area contributed by atoms with Crippen LogP contribution in [0.25, 0.3) is 10.4 Å². The molecule has 0 aromatic heterocycles. The van der Waals surface area contributed by atoms with Gasteiger partial charge in [-0.1, -0.05) is 19.0 Å². The van der Waals surface area contributed by atoms with E-state index in [0.29, 0.717) is 0 Å². The third-order valence-corrected chi connectivity index (χ3v) is 3.17. The molecular weight excluding hydrogens is 250 g/mol. The number of β-amino-alcohol motifs (C(OH)–C–C–N with tert-alkyl or cyclic N) is 1. The molecule has 0 aromatic rings. The van der Waals surface area contributed by atoms with Crippen LogP contribution in [0.15, 0.2) is 5.11 Å². The van der Waals surface area contributed by atoms with Crippen LogP contribution in [0.5, 0.6) is 0 Å². The minimum atomic E-state index is -0.859. The Kier molecular flexibility index (Phi) is 5.14. The third-order valence-electron chi connectivity index (χ3n) is 3.17. The molecule has 1 saturated heterocycles. The number of nitrogens with zero attached hydrogens (tertiary/aromatic N) is 4. The number of likely N-dealkylation sites (N-methyl/N-ethyl adjacent to an activating group) is 1. The maximum absolute atomic E-state index is 12.3. The van der Waals surface area contributed by atoms with Gasteiger partial charge in [-0.3, -0.25) is 9.59 Å². The average molecular weight is 269 g/mol. The molecule has 1 aliphatic heterocycles. The molecule has 2 amide bonds. The number of hydrogen-bond donors (Lipinski definition) is 2. The van der Waals surface area contributed by atoms with Crippen molar-refractivity contribution in [1.82, 2.24) is 10.2 Å². The molecule has 1 rings (SSSR count). The lowest BCUT2D eigenvalue weighted by Crippen LogP contribution is -2.49. The van der Waals surface area contributed by atoms with Crippen molar-refractivity contribution in [3.05, 3.63) is 10.4 Å². The van der Waals surface area contributed by atoms with E-state index in [1.165, 1.54) is 11.9 Å². The number of rotatable bonds is 4. The number of carbonyl (C=O) groups excluding carboxylic acids is 2. The number of aliphatic hydroxyl groups excluding tert-OH is 1. The average Bonchev–Trinajstić information content (AvgIpc) is 2.76. The maximum Gasteiger partial charge on any atom is 0.242 e. The number of amides is 2. The summed E-state index contributed by atoms with van der Waals surface area (Å²) in [7, 11) is 1.48. The van der Waals surface area contributed by atoms with E-state index in [0.717, 1.165) is 0 Å². The topological polar surface area (TPSA) is 118 Å². The van der Waals surface area contributed by atoms with Gasteiger partial charge in [0.05, 0.1) is 6.10 Å². The SMILES string of the molecule is CNC(=O)C1CC(O)CN1C(=O)C(N=[N+]=[N-])C(C)C. The van der Waals surface area contributed by atoms with Gasteiger partial charge in [0.25, 0.3) is 0 Å². The minimum Gasteiger partial charge on any atom is -0.391 e. The highest BCUT2D eigenvalue weighted by Crippen LogP contribution is 2.22. The number of nitrogens with one attached hydrogen (secondary N) is 1. The number of aliphatic hydroxyl groups is 1. The fourth-order valence-electron chi connectivity index (χ4n) is 2.17. The van der Waals surface area contributed by atoms with E-state index in [-0.39, 0.29) is 24.8 Å². The molecule has 3 atom stereocenters. The first-order valence-electron chi connectivity index (χ1n) is 6.16. The van der Waals surface area contributed by atoms with E-state index < -0.39 is 24.1 Å². The summed E-state index contributed by atoms with van der Waals surface area (Å²) in [5.41, 5.74) is 8.51. The molecule has 1 heterocycles. The van der Waals surface area contributed by atoms with E-state index in [4.69, 9.17) is 5.53 Å². The van der Waals surface area contributed by atoms with Gasteiger partial charge in [0.2, 0.25) is 11.8 Å². The van der Waals surface area contributed by atoms with Gasteiger partial charge in [0.1, 0.15) is 12.1 Å². The molecule has 0 saturated carbocycles. The molecule has 3 unspecified atom stereocenters. The molecule has 8 heteroatoms. The molecule has 0 aliphatic carbocycles. The first-order chi connectivity index (χ1) is 8.92. The van der Waals surface area contributed by atoms with Gasteiger partial charge in [-0.15, -0.1) is 0 Å². The fourth-order valence-corrected chi connectivity index (χ4v) is 2.17. The first kappa shape index (κ1) is 15.3. The van der Waals surface area contributed by atoms with Crippen LogP contribution in [0.3, 0.4) is 0 Å². The number of hydrogen-bond acceptors (Lipinski definition) is 4. The van der Waals surface area contributed by atoms with Crippen LogP contribution < -0.4 is 5.32 Å². The molecule has 19 heavy (non-hydrogen) atoms. The summed E-state index contributed by atoms with van der Waals surface area (Å²) in [6.45, 7) is 3.61. The van der Waals surface area contributed by atoms with E-state index in [2.05, 4.69) is 15.3 Å². The number of likely N-dealkylation sites (tertiary alicyclic amines) is 1. The molecule has 0 aromatic carbocycles. The Morgan fingerprint density at radius 2 is 2.16 bits per heavy atom. The van der Waals surface area contributed by atoms with Crippen molar-refractivity contribution in [2.24, 2.45) is 11.0 Å². The predicted molar refractivity (Wildman–Crippen MR) is 68.0 cm³/mol. The zero-order valence-corrected chi connectivity index (χ0v) is 11.3. The second kappa shape index (κ2) is 6.40. The van der Waals surface area contributed by atoms with Crippen molar-refractivity contribution in [3.8, 4) is 0 Å². The Morgan fingerprint density at radius 3 is 2.63 bits per heavy atom. The second-order valence-electron chi connectivity index (χ2n) is 4.90. The van der Waals surface area contributed by atoms with Gasteiger partial charge in [-0.25, -0.2) is 0 Å². The van der Waals surface area contributed by atoms with Crippen LogP contribution in [-0.4, -0.2) is 53.6 Å². The molecule has 1 aliphatic rings. The van der Waals surface area contributed by atoms with E-state index in [9.17, 15) is 14.7 Å². The van der Waals surface area contributed by atoms with E-state index in [1.54, 1.807) is 13.8 Å². The largest absolute Gasteiger partial charge is 0.391 e. The lowest BCUT2D eigenvalue weighted by Gasteiger charge is -2.27. The van der Waals surface area contributed by atoms with E-state index >= 15 is 0 Å². The summed E-state index contributed by atoms with van der Waals surface area (Å²) in [5.74, 6) is -0.919. The van der Waals surface area contributed by atoms with Crippen molar-refractivity contribution in [3.63, 3.8) is 0 Å². The lowest BCUT2D eigenvalue weighted by molar-refractivity contribution is -0.140. The quantitative estimate of drug-likeness (QED) is 0.425. The lowest BCUT2D eigenvalue weighted by atomic mass is 10.0. The van der Waals surface area contributed by atoms with Crippen molar-refractivity contribution in [1.29, 1.82) is 0 Å². The normalized spacial score (nSPS) is 23.9. The molecule has 1 fully saturated rings. The maximum atomic E-state index is 12.3. The summed E-state index contributed by atoms with van der Waals surface area (Å²) in [6, 6.07) is -1.56. The summed E-state index contributed by atoms with van der Waals surface area (Å²) in [5, 5.41) is 15.6. The Hall–Kier alpha value is -1.79. The van der Waals surface area contributed by atoms with Crippen LogP contribution in [0.1, 0.15) is 20.3 Å². The van der Waals surface area contributed by atoms with Gasteiger partial charge in [0.15, 0.2) is 0 Å². The van der Waals surface area contributed by atoms with Crippen molar-refractivity contribution >= 4 is 11.8 Å². The summed E-state index contributed by atoms with van der Waals surface area (Å²) < 4.78 is 0. The van der Waals surface area contributed by atoms with Crippen LogP contribution in [0.2, 0.25) is 0 Å². The molecule has 0 radical (unpaired) electrons. The van der Waals surface area contributed by atoms with Crippen LogP contribution in [0.4, 0.5) is 0 Å². The van der Waals surface area contributed by atoms with Crippen molar-refractivity contribution < 1.29 is 14.7 Å². The van der Waals surface area contributed by atoms with Gasteiger partial charge in [-0.05, 0) is 11.4 Å². The van der Waals surface area contributed by atoms with Gasteiger partial charge < -0.3 is 15.3 Å². The molecule has 0 spiro atoms. The Labute approximate surface area is 111 Å². The predicted octanol–water partition coefficient (Wildman–Crippen LogP) is 0.0291. The van der Waals surface area contributed by atoms with Crippen LogP contribution >= 0.6 is 0 Å². The Balaban J connectivity index is 2.95. The fraction of sp³-hybridized carbons (Fsp3) is 0.818. The number of carbonyl (C=O) groups is 2. The van der Waals surface area contributed by atoms with Gasteiger partial charge in [0, 0.05) is 24.9 Å². The number of azide groups is 1. The zero-order valence-electron chi connectivity index (χ0n) is 11.3. The molecule has 106 valence electrons. The minimum absolute atomic E-state index is 0.0844. The Morgan fingerprint density at radius 1 is 1.53 bits per heavy atom. The smallest absolute Gasteiger partial charge is 0.242 e. The Bertz CT molecular complexity index is 405. The molecule has 8 nitrogen and oxygen atoms in total. The van der Waals surface area contributed by atoms with Crippen molar-refractivity contribution in [2.75, 3.05) is 13.6 Å². The van der Waals surface area contributed by atoms with Crippen LogP contribution in [-0.2, 0) is 9.59 Å². The zero-order chi connectivity index (χ0) is 14.6. The molecule has 2 N–H and O–H groups in total. The summed E-state index contributed by atoms with van der Waals surface area (Å²) >= 11 is 0. The second-order valence-corrected chi connectivity index (χ2v) is 4.90. The highest BCUT2D eigenvalue weighted by atomic mass is 16.3. The van der Waals surface area contributed by atoms with Gasteiger partial charge >= 0.3 is 0 Å². The molecular formula is C11H19N5O3. The molecule has 0 bridgehead atoms. The monoisotopic (exact) mass is 269 g/mol. The first-order valence-corrected chi connectivity index (χ1v) is 6.16. The standard InChI is InChI=1S/C11H19N5O3/c1-6(2)9(14-15-12)11(19)16-5-7(17)4-8(16)10(18)13-3/h6-9,17H,4-5H2,1-3H3,(H,13,18). The summed E-state index contributed by atoms with van der Waals surface area (Å²) in [4.78, 5) is 28.0. The third kappa shape index (κ3) is 3.36. The van der Waals surface area contributed by atoms with E-state index in [1.807, 2.05) is 0 Å². The highest BCUT2D eigenvalue weighted by molar-refractivity contribution is 5.90. The van der Waals surface area contributed by atoms with Crippen molar-refractivity contribution in [2.45, 2.75) is 38.5 Å².